The fraction of sp³-hybridized carbons (Fsp3) is 0.750. The van der Waals surface area contributed by atoms with E-state index in [1.54, 1.807) is 6.92 Å². The second-order valence-corrected chi connectivity index (χ2v) is 4.83. The number of amides is 3. The average Bonchev–Trinajstić information content (AvgIpc) is 2.78. The molecule has 0 unspecified atom stereocenters. The molecular weight excluding hydrogens is 266 g/mol. The first-order valence-corrected chi connectivity index (χ1v) is 6.47. The Labute approximate surface area is 117 Å². The molecule has 0 spiro atoms. The molecule has 0 bridgehead atoms. The number of carbonyl (C=O) groups is 3. The van der Waals surface area contributed by atoms with Crippen LogP contribution in [0, 0.1) is 11.8 Å². The number of hydrogen-bond acceptors (Lipinski definition) is 4. The molecule has 0 aromatic carbocycles. The van der Waals surface area contributed by atoms with E-state index in [0.717, 1.165) is 0 Å². The van der Waals surface area contributed by atoms with E-state index in [0.29, 0.717) is 19.7 Å². The summed E-state index contributed by atoms with van der Waals surface area (Å²) in [6.45, 7) is 3.01. The molecule has 0 aromatic heterocycles. The zero-order valence-corrected chi connectivity index (χ0v) is 11.7. The molecule has 2 atom stereocenters. The van der Waals surface area contributed by atoms with Crippen molar-refractivity contribution in [1.29, 1.82) is 0 Å². The maximum atomic E-state index is 11.8. The van der Waals surface area contributed by atoms with Gasteiger partial charge >= 0.3 is 12.0 Å². The Morgan fingerprint density at radius 2 is 2.00 bits per heavy atom. The molecular formula is C12H21N3O5. The normalized spacial score (nSPS) is 21.6. The smallest absolute Gasteiger partial charge is 0.317 e. The standard InChI is InChI=1S/C12H21N3O5/c1-8-6-15(7-9(8)11(17)18)12(19)14-5-10(16)13-3-4-20-2/h8-9H,3-7H2,1-2H3,(H,13,16)(H,14,19)(H,17,18)/t8-,9-/m1/s1. The van der Waals surface area contributed by atoms with E-state index in [1.165, 1.54) is 12.0 Å². The van der Waals surface area contributed by atoms with Gasteiger partial charge in [0, 0.05) is 26.7 Å². The van der Waals surface area contributed by atoms with Gasteiger partial charge in [-0.3, -0.25) is 9.59 Å². The van der Waals surface area contributed by atoms with Crippen LogP contribution in [0.25, 0.3) is 0 Å². The fourth-order valence-corrected chi connectivity index (χ4v) is 2.08. The van der Waals surface area contributed by atoms with Crippen molar-refractivity contribution in [2.24, 2.45) is 11.8 Å². The summed E-state index contributed by atoms with van der Waals surface area (Å²) in [5.41, 5.74) is 0. The van der Waals surface area contributed by atoms with E-state index >= 15 is 0 Å². The van der Waals surface area contributed by atoms with Gasteiger partial charge in [-0.15, -0.1) is 0 Å². The second kappa shape index (κ2) is 7.68. The van der Waals surface area contributed by atoms with Gasteiger partial charge < -0.3 is 25.4 Å². The maximum absolute atomic E-state index is 11.8. The Morgan fingerprint density at radius 1 is 1.30 bits per heavy atom. The van der Waals surface area contributed by atoms with Gasteiger partial charge in [0.2, 0.25) is 5.91 Å². The zero-order valence-electron chi connectivity index (χ0n) is 11.7. The molecule has 8 nitrogen and oxygen atoms in total. The van der Waals surface area contributed by atoms with Crippen molar-refractivity contribution in [3.63, 3.8) is 0 Å². The summed E-state index contributed by atoms with van der Waals surface area (Å²) in [5, 5.41) is 14.0. The van der Waals surface area contributed by atoms with Crippen LogP contribution >= 0.6 is 0 Å². The van der Waals surface area contributed by atoms with Crippen LogP contribution in [0.5, 0.6) is 0 Å². The lowest BCUT2D eigenvalue weighted by Gasteiger charge is -2.16. The molecule has 8 heteroatoms. The molecule has 1 aliphatic rings. The third kappa shape index (κ3) is 4.69. The van der Waals surface area contributed by atoms with Crippen molar-refractivity contribution in [2.75, 3.05) is 39.9 Å². The van der Waals surface area contributed by atoms with Gasteiger partial charge in [-0.25, -0.2) is 4.79 Å². The number of aliphatic carboxylic acids is 1. The number of carboxylic acids is 1. The number of ether oxygens (including phenoxy) is 1. The number of carboxylic acid groups (broad SMARTS) is 1. The lowest BCUT2D eigenvalue weighted by molar-refractivity contribution is -0.142. The summed E-state index contributed by atoms with van der Waals surface area (Å²) in [4.78, 5) is 35.6. The maximum Gasteiger partial charge on any atom is 0.317 e. The SMILES string of the molecule is COCCNC(=O)CNC(=O)N1C[C@@H](C)[C@H](C(=O)O)C1. The lowest BCUT2D eigenvalue weighted by Crippen LogP contribution is -2.44. The van der Waals surface area contributed by atoms with E-state index in [4.69, 9.17) is 9.84 Å². The quantitative estimate of drug-likeness (QED) is 0.549. The van der Waals surface area contributed by atoms with Gasteiger partial charge in [0.25, 0.3) is 0 Å². The summed E-state index contributed by atoms with van der Waals surface area (Å²) in [7, 11) is 1.53. The largest absolute Gasteiger partial charge is 0.481 e. The second-order valence-electron chi connectivity index (χ2n) is 4.83. The molecule has 1 heterocycles. The zero-order chi connectivity index (χ0) is 15.1. The highest BCUT2D eigenvalue weighted by Crippen LogP contribution is 2.22. The number of nitrogens with zero attached hydrogens (tertiary/aromatic N) is 1. The van der Waals surface area contributed by atoms with Crippen molar-refractivity contribution in [2.45, 2.75) is 6.92 Å². The Bertz CT molecular complexity index is 374. The van der Waals surface area contributed by atoms with Gasteiger partial charge in [0.05, 0.1) is 19.1 Å². The van der Waals surface area contributed by atoms with E-state index in [9.17, 15) is 14.4 Å². The molecule has 20 heavy (non-hydrogen) atoms. The highest BCUT2D eigenvalue weighted by molar-refractivity contribution is 5.84. The third-order valence-corrected chi connectivity index (χ3v) is 3.25. The highest BCUT2D eigenvalue weighted by atomic mass is 16.5. The van der Waals surface area contributed by atoms with Crippen LogP contribution in [0.2, 0.25) is 0 Å². The minimum absolute atomic E-state index is 0.0891. The van der Waals surface area contributed by atoms with E-state index in [2.05, 4.69) is 10.6 Å². The van der Waals surface area contributed by atoms with Crippen molar-refractivity contribution in [1.82, 2.24) is 15.5 Å². The summed E-state index contributed by atoms with van der Waals surface area (Å²) in [5.74, 6) is -1.84. The van der Waals surface area contributed by atoms with Crippen LogP contribution < -0.4 is 10.6 Å². The Balaban J connectivity index is 2.30. The summed E-state index contributed by atoms with van der Waals surface area (Å²) in [6, 6.07) is -0.414. The number of methoxy groups -OCH3 is 1. The lowest BCUT2D eigenvalue weighted by atomic mass is 9.99. The predicted molar refractivity (Wildman–Crippen MR) is 70.1 cm³/mol. The number of carbonyl (C=O) groups excluding carboxylic acids is 2. The Morgan fingerprint density at radius 3 is 2.55 bits per heavy atom. The number of urea groups is 1. The van der Waals surface area contributed by atoms with Gasteiger partial charge in [0.15, 0.2) is 0 Å². The summed E-state index contributed by atoms with van der Waals surface area (Å²) < 4.78 is 4.78. The first-order chi connectivity index (χ1) is 9.45. The number of likely N-dealkylation sites (tertiary alicyclic amines) is 1. The van der Waals surface area contributed by atoms with Crippen LogP contribution in [-0.2, 0) is 14.3 Å². The molecule has 114 valence electrons. The molecule has 3 N–H and O–H groups in total. The Kier molecular flexibility index (Phi) is 6.23. The van der Waals surface area contributed by atoms with Crippen LogP contribution in [0.4, 0.5) is 4.79 Å². The van der Waals surface area contributed by atoms with E-state index in [1.807, 2.05) is 0 Å². The van der Waals surface area contributed by atoms with Gasteiger partial charge in [-0.1, -0.05) is 6.92 Å². The molecule has 1 aliphatic heterocycles. The van der Waals surface area contributed by atoms with Crippen molar-refractivity contribution in [3.05, 3.63) is 0 Å². The first-order valence-electron chi connectivity index (χ1n) is 6.47. The van der Waals surface area contributed by atoms with Gasteiger partial charge in [-0.2, -0.15) is 0 Å². The topological polar surface area (TPSA) is 108 Å². The van der Waals surface area contributed by atoms with Crippen molar-refractivity contribution >= 4 is 17.9 Å². The minimum atomic E-state index is -0.898. The number of nitrogens with one attached hydrogen (secondary N) is 2. The molecule has 0 saturated carbocycles. The molecule has 3 amide bonds. The average molecular weight is 287 g/mol. The Hall–Kier alpha value is -1.83. The van der Waals surface area contributed by atoms with Crippen LogP contribution in [0.15, 0.2) is 0 Å². The number of hydrogen-bond donors (Lipinski definition) is 3. The van der Waals surface area contributed by atoms with Crippen molar-refractivity contribution in [3.8, 4) is 0 Å². The summed E-state index contributed by atoms with van der Waals surface area (Å²) in [6.07, 6.45) is 0. The van der Waals surface area contributed by atoms with E-state index in [-0.39, 0.29) is 24.9 Å². The van der Waals surface area contributed by atoms with E-state index < -0.39 is 17.9 Å². The van der Waals surface area contributed by atoms with Crippen molar-refractivity contribution < 1.29 is 24.2 Å². The molecule has 1 rings (SSSR count). The molecule has 0 radical (unpaired) electrons. The monoisotopic (exact) mass is 287 g/mol. The first kappa shape index (κ1) is 16.2. The fourth-order valence-electron chi connectivity index (χ4n) is 2.08. The third-order valence-electron chi connectivity index (χ3n) is 3.25. The minimum Gasteiger partial charge on any atom is -0.481 e. The van der Waals surface area contributed by atoms with Gasteiger partial charge in [-0.05, 0) is 5.92 Å². The summed E-state index contributed by atoms with van der Waals surface area (Å²) >= 11 is 0. The van der Waals surface area contributed by atoms with Gasteiger partial charge in [0.1, 0.15) is 0 Å². The van der Waals surface area contributed by atoms with Crippen LogP contribution in [0.1, 0.15) is 6.92 Å². The number of rotatable bonds is 6. The van der Waals surface area contributed by atoms with Crippen LogP contribution in [0.3, 0.4) is 0 Å². The molecule has 0 aliphatic carbocycles. The predicted octanol–water partition coefficient (Wildman–Crippen LogP) is -0.889. The molecule has 0 aromatic rings. The van der Waals surface area contributed by atoms with Crippen LogP contribution in [-0.4, -0.2) is 67.8 Å². The molecule has 1 saturated heterocycles. The highest BCUT2D eigenvalue weighted by Gasteiger charge is 2.36. The molecule has 1 fully saturated rings.